The van der Waals surface area contributed by atoms with Crippen LogP contribution in [0, 0.1) is 5.41 Å². The van der Waals surface area contributed by atoms with Crippen LogP contribution in [0.15, 0.2) is 0 Å². The van der Waals surface area contributed by atoms with Crippen molar-refractivity contribution in [3.05, 3.63) is 0 Å². The van der Waals surface area contributed by atoms with Crippen molar-refractivity contribution < 1.29 is 0 Å². The van der Waals surface area contributed by atoms with Crippen molar-refractivity contribution in [3.8, 4) is 0 Å². The van der Waals surface area contributed by atoms with E-state index in [-0.39, 0.29) is 0 Å². The van der Waals surface area contributed by atoms with Gasteiger partial charge in [-0.05, 0) is 38.6 Å². The first-order valence-corrected chi connectivity index (χ1v) is 4.58. The smallest absolute Gasteiger partial charge is 0.0131 e. The topological polar surface area (TPSA) is 24.1 Å². The van der Waals surface area contributed by atoms with Crippen molar-refractivity contribution in [1.29, 1.82) is 0 Å². The Morgan fingerprint density at radius 2 is 1.91 bits per heavy atom. The molecule has 11 heavy (non-hydrogen) atoms. The lowest BCUT2D eigenvalue weighted by atomic mass is 9.68. The summed E-state index contributed by atoms with van der Waals surface area (Å²) in [5, 5.41) is 6.94. The van der Waals surface area contributed by atoms with E-state index in [4.69, 9.17) is 0 Å². The van der Waals surface area contributed by atoms with E-state index in [1.54, 1.807) is 0 Å². The molecule has 2 rings (SSSR count). The van der Waals surface area contributed by atoms with E-state index in [1.165, 1.54) is 32.5 Å². The minimum Gasteiger partial charge on any atom is -0.316 e. The van der Waals surface area contributed by atoms with Gasteiger partial charge in [-0.2, -0.15) is 0 Å². The summed E-state index contributed by atoms with van der Waals surface area (Å²) in [7, 11) is 0. The van der Waals surface area contributed by atoms with Crippen LogP contribution in [-0.2, 0) is 0 Å². The van der Waals surface area contributed by atoms with Gasteiger partial charge in [0.15, 0.2) is 0 Å². The van der Waals surface area contributed by atoms with E-state index in [1.807, 2.05) is 0 Å². The predicted molar refractivity (Wildman–Crippen MR) is 46.6 cm³/mol. The van der Waals surface area contributed by atoms with E-state index in [9.17, 15) is 0 Å². The first kappa shape index (κ1) is 7.56. The molecule has 0 unspecified atom stereocenters. The fraction of sp³-hybridized carbons (Fsp3) is 1.00. The highest BCUT2D eigenvalue weighted by Crippen LogP contribution is 2.38. The first-order valence-electron chi connectivity index (χ1n) is 4.58. The number of piperidine rings is 1. The van der Waals surface area contributed by atoms with Gasteiger partial charge in [0.2, 0.25) is 0 Å². The third-order valence-corrected chi connectivity index (χ3v) is 3.08. The summed E-state index contributed by atoms with van der Waals surface area (Å²) < 4.78 is 0. The van der Waals surface area contributed by atoms with Gasteiger partial charge in [-0.25, -0.2) is 0 Å². The van der Waals surface area contributed by atoms with Crippen molar-refractivity contribution in [2.75, 3.05) is 19.6 Å². The molecule has 2 heterocycles. The predicted octanol–water partition coefficient (Wildman–Crippen LogP) is 0.738. The highest BCUT2D eigenvalue weighted by atomic mass is 15.0. The van der Waals surface area contributed by atoms with E-state index in [0.29, 0.717) is 11.0 Å². The zero-order chi connectivity index (χ0) is 7.95. The Labute approximate surface area is 68.7 Å². The van der Waals surface area contributed by atoms with Crippen LogP contribution >= 0.6 is 0 Å². The molecule has 2 aliphatic rings. The molecule has 2 N–H and O–H groups in total. The summed E-state index contributed by atoms with van der Waals surface area (Å²) in [6, 6.07) is 0. The second kappa shape index (κ2) is 2.20. The number of nitrogens with one attached hydrogen (secondary N) is 2. The second-order valence-corrected chi connectivity index (χ2v) is 4.84. The van der Waals surface area contributed by atoms with Crippen LogP contribution in [0.5, 0.6) is 0 Å². The summed E-state index contributed by atoms with van der Waals surface area (Å²) in [5.74, 6) is 0. The zero-order valence-electron chi connectivity index (χ0n) is 7.54. The van der Waals surface area contributed by atoms with Crippen LogP contribution < -0.4 is 10.6 Å². The maximum Gasteiger partial charge on any atom is 0.0131 e. The molecule has 0 aromatic rings. The van der Waals surface area contributed by atoms with E-state index >= 15 is 0 Å². The van der Waals surface area contributed by atoms with Crippen LogP contribution in [0.25, 0.3) is 0 Å². The first-order chi connectivity index (χ1) is 5.12. The Morgan fingerprint density at radius 3 is 2.27 bits per heavy atom. The third-order valence-electron chi connectivity index (χ3n) is 3.08. The fourth-order valence-corrected chi connectivity index (χ4v) is 2.53. The van der Waals surface area contributed by atoms with Gasteiger partial charge in [0.05, 0.1) is 0 Å². The molecule has 2 saturated heterocycles. The van der Waals surface area contributed by atoms with E-state index < -0.39 is 0 Å². The van der Waals surface area contributed by atoms with Crippen molar-refractivity contribution in [2.24, 2.45) is 5.41 Å². The van der Waals surface area contributed by atoms with Crippen molar-refractivity contribution in [2.45, 2.75) is 32.2 Å². The maximum atomic E-state index is 3.55. The Kier molecular flexibility index (Phi) is 1.52. The van der Waals surface area contributed by atoms with Crippen LogP contribution in [0.3, 0.4) is 0 Å². The van der Waals surface area contributed by atoms with Gasteiger partial charge >= 0.3 is 0 Å². The lowest BCUT2D eigenvalue weighted by Gasteiger charge is -2.51. The quantitative estimate of drug-likeness (QED) is 0.538. The molecular formula is C9H18N2. The minimum absolute atomic E-state index is 0.375. The van der Waals surface area contributed by atoms with Crippen molar-refractivity contribution in [3.63, 3.8) is 0 Å². The molecule has 0 atom stereocenters. The van der Waals surface area contributed by atoms with Gasteiger partial charge in [0, 0.05) is 18.6 Å². The third kappa shape index (κ3) is 1.30. The molecule has 0 bridgehead atoms. The fourth-order valence-electron chi connectivity index (χ4n) is 2.53. The molecule has 2 nitrogen and oxygen atoms in total. The molecule has 0 aromatic carbocycles. The van der Waals surface area contributed by atoms with Crippen LogP contribution in [-0.4, -0.2) is 25.2 Å². The molecule has 2 aliphatic heterocycles. The lowest BCUT2D eigenvalue weighted by molar-refractivity contribution is 0.0621. The van der Waals surface area contributed by atoms with Crippen LogP contribution in [0.2, 0.25) is 0 Å². The Hall–Kier alpha value is -0.0800. The normalized spacial score (nSPS) is 33.3. The van der Waals surface area contributed by atoms with Gasteiger partial charge in [0.1, 0.15) is 0 Å². The van der Waals surface area contributed by atoms with Crippen LogP contribution in [0.4, 0.5) is 0 Å². The van der Waals surface area contributed by atoms with E-state index in [2.05, 4.69) is 24.5 Å². The molecular weight excluding hydrogens is 136 g/mol. The standard InChI is InChI=1S/C9H18N2/c1-8(2)5-9(3-4-11-8)6-10-7-9/h10-11H,3-7H2,1-2H3. The average Bonchev–Trinajstić information content (AvgIpc) is 1.82. The SMILES string of the molecule is CC1(C)CC2(CCN1)CNC2. The Bertz CT molecular complexity index is 159. The molecule has 2 heteroatoms. The lowest BCUT2D eigenvalue weighted by Crippen LogP contribution is -2.62. The minimum atomic E-state index is 0.375. The van der Waals surface area contributed by atoms with Crippen molar-refractivity contribution in [1.82, 2.24) is 10.6 Å². The highest BCUT2D eigenvalue weighted by molar-refractivity contribution is 5.01. The summed E-state index contributed by atoms with van der Waals surface area (Å²) >= 11 is 0. The molecule has 0 aliphatic carbocycles. The molecule has 2 fully saturated rings. The summed E-state index contributed by atoms with van der Waals surface area (Å²) in [4.78, 5) is 0. The summed E-state index contributed by atoms with van der Waals surface area (Å²) in [5.41, 5.74) is 1.04. The van der Waals surface area contributed by atoms with Gasteiger partial charge in [-0.3, -0.25) is 0 Å². The van der Waals surface area contributed by atoms with E-state index in [0.717, 1.165) is 0 Å². The average molecular weight is 154 g/mol. The monoisotopic (exact) mass is 154 g/mol. The zero-order valence-corrected chi connectivity index (χ0v) is 7.54. The van der Waals surface area contributed by atoms with Gasteiger partial charge in [-0.15, -0.1) is 0 Å². The Balaban J connectivity index is 2.03. The molecule has 0 aromatic heterocycles. The largest absolute Gasteiger partial charge is 0.316 e. The maximum absolute atomic E-state index is 3.55. The number of rotatable bonds is 0. The van der Waals surface area contributed by atoms with Gasteiger partial charge in [0.25, 0.3) is 0 Å². The molecule has 0 radical (unpaired) electrons. The van der Waals surface area contributed by atoms with Gasteiger partial charge in [-0.1, -0.05) is 0 Å². The Morgan fingerprint density at radius 1 is 1.18 bits per heavy atom. The summed E-state index contributed by atoms with van der Waals surface area (Å²) in [6.07, 6.45) is 2.70. The van der Waals surface area contributed by atoms with Gasteiger partial charge < -0.3 is 10.6 Å². The molecule has 0 saturated carbocycles. The molecule has 64 valence electrons. The van der Waals surface area contributed by atoms with Crippen molar-refractivity contribution >= 4 is 0 Å². The molecule has 1 spiro atoms. The summed E-state index contributed by atoms with van der Waals surface area (Å²) in [6.45, 7) is 8.32. The number of hydrogen-bond acceptors (Lipinski definition) is 2. The second-order valence-electron chi connectivity index (χ2n) is 4.84. The van der Waals surface area contributed by atoms with Crippen LogP contribution in [0.1, 0.15) is 26.7 Å². The number of hydrogen-bond donors (Lipinski definition) is 2. The molecule has 0 amide bonds. The highest BCUT2D eigenvalue weighted by Gasteiger charge is 2.43.